The van der Waals surface area contributed by atoms with Crippen LogP contribution in [0.2, 0.25) is 0 Å². The molecule has 0 spiro atoms. The number of carbonyl (C=O) groups excluding carboxylic acids is 1. The van der Waals surface area contributed by atoms with Crippen molar-refractivity contribution in [2.24, 2.45) is 0 Å². The van der Waals surface area contributed by atoms with E-state index in [1.54, 1.807) is 6.92 Å². The number of sulfonamides is 1. The van der Waals surface area contributed by atoms with Crippen LogP contribution in [0.15, 0.2) is 0 Å². The lowest BCUT2D eigenvalue weighted by atomic mass is 10.1. The number of rotatable bonds is 5. The summed E-state index contributed by atoms with van der Waals surface area (Å²) in [6.45, 7) is 2.53. The normalized spacial score (nSPS) is 27.2. The minimum Gasteiger partial charge on any atom is -0.480 e. The fourth-order valence-corrected chi connectivity index (χ4v) is 4.91. The molecule has 7 nitrogen and oxygen atoms in total. The molecule has 1 amide bonds. The van der Waals surface area contributed by atoms with Crippen molar-refractivity contribution in [2.45, 2.75) is 51.1 Å². The third kappa shape index (κ3) is 3.21. The van der Waals surface area contributed by atoms with Crippen LogP contribution in [-0.4, -0.2) is 65.5 Å². The Morgan fingerprint density at radius 1 is 1.14 bits per heavy atom. The van der Waals surface area contributed by atoms with Crippen molar-refractivity contribution in [1.29, 1.82) is 0 Å². The molecule has 2 fully saturated rings. The molecule has 2 saturated heterocycles. The average Bonchev–Trinajstić information content (AvgIpc) is 3.07. The van der Waals surface area contributed by atoms with Gasteiger partial charge in [0.1, 0.15) is 12.1 Å². The molecule has 2 heterocycles. The van der Waals surface area contributed by atoms with Crippen molar-refractivity contribution in [3.05, 3.63) is 0 Å². The lowest BCUT2D eigenvalue weighted by molar-refractivity contribution is -0.149. The molecule has 120 valence electrons. The minimum absolute atomic E-state index is 0.0269. The van der Waals surface area contributed by atoms with Crippen molar-refractivity contribution in [1.82, 2.24) is 9.21 Å². The first-order valence-corrected chi connectivity index (χ1v) is 9.02. The lowest BCUT2D eigenvalue weighted by Crippen LogP contribution is -2.51. The van der Waals surface area contributed by atoms with Crippen molar-refractivity contribution in [3.8, 4) is 0 Å². The van der Waals surface area contributed by atoms with Crippen LogP contribution < -0.4 is 0 Å². The second-order valence-corrected chi connectivity index (χ2v) is 7.65. The molecule has 0 aliphatic carbocycles. The van der Waals surface area contributed by atoms with Crippen molar-refractivity contribution in [2.75, 3.05) is 18.8 Å². The topological polar surface area (TPSA) is 95.0 Å². The van der Waals surface area contributed by atoms with Gasteiger partial charge in [-0.05, 0) is 32.1 Å². The minimum atomic E-state index is -3.43. The Labute approximate surface area is 125 Å². The number of hydrogen-bond acceptors (Lipinski definition) is 4. The van der Waals surface area contributed by atoms with Crippen molar-refractivity contribution >= 4 is 21.9 Å². The number of likely N-dealkylation sites (tertiary alicyclic amines) is 1. The summed E-state index contributed by atoms with van der Waals surface area (Å²) in [6.07, 6.45) is 2.71. The van der Waals surface area contributed by atoms with E-state index in [0.717, 1.165) is 0 Å². The predicted octanol–water partition coefficient (Wildman–Crippen LogP) is 0.266. The largest absolute Gasteiger partial charge is 0.480 e. The maximum atomic E-state index is 12.6. The lowest BCUT2D eigenvalue weighted by Gasteiger charge is -2.29. The van der Waals surface area contributed by atoms with Gasteiger partial charge in [-0.1, -0.05) is 6.92 Å². The van der Waals surface area contributed by atoms with Gasteiger partial charge in [-0.2, -0.15) is 4.31 Å². The number of nitrogens with zero attached hydrogens (tertiary/aromatic N) is 2. The smallest absolute Gasteiger partial charge is 0.326 e. The number of carboxylic acid groups (broad SMARTS) is 1. The highest BCUT2D eigenvalue weighted by atomic mass is 32.2. The zero-order valence-corrected chi connectivity index (χ0v) is 13.0. The second-order valence-electron chi connectivity index (χ2n) is 5.61. The Morgan fingerprint density at radius 3 is 2.38 bits per heavy atom. The van der Waals surface area contributed by atoms with Gasteiger partial charge in [0.15, 0.2) is 0 Å². The highest BCUT2D eigenvalue weighted by molar-refractivity contribution is 7.89. The first-order valence-electron chi connectivity index (χ1n) is 7.41. The molecule has 1 N–H and O–H groups in total. The van der Waals surface area contributed by atoms with Gasteiger partial charge in [-0.15, -0.1) is 0 Å². The van der Waals surface area contributed by atoms with Crippen LogP contribution in [0.3, 0.4) is 0 Å². The maximum Gasteiger partial charge on any atom is 0.326 e. The van der Waals surface area contributed by atoms with E-state index in [1.165, 1.54) is 9.21 Å². The van der Waals surface area contributed by atoms with Gasteiger partial charge in [-0.25, -0.2) is 13.2 Å². The van der Waals surface area contributed by atoms with Crippen LogP contribution in [0.5, 0.6) is 0 Å². The van der Waals surface area contributed by atoms with Crippen molar-refractivity contribution in [3.63, 3.8) is 0 Å². The number of carboxylic acids is 1. The first kappa shape index (κ1) is 16.2. The molecule has 2 atom stereocenters. The first-order chi connectivity index (χ1) is 9.88. The summed E-state index contributed by atoms with van der Waals surface area (Å²) in [7, 11) is -3.43. The van der Waals surface area contributed by atoms with Crippen LogP contribution >= 0.6 is 0 Å². The summed E-state index contributed by atoms with van der Waals surface area (Å²) < 4.78 is 25.7. The Kier molecular flexibility index (Phi) is 4.88. The van der Waals surface area contributed by atoms with Crippen LogP contribution in [0.25, 0.3) is 0 Å². The van der Waals surface area contributed by atoms with Gasteiger partial charge in [0.2, 0.25) is 15.9 Å². The van der Waals surface area contributed by atoms with Crippen LogP contribution in [0.1, 0.15) is 39.0 Å². The monoisotopic (exact) mass is 318 g/mol. The summed E-state index contributed by atoms with van der Waals surface area (Å²) in [4.78, 5) is 25.1. The van der Waals surface area contributed by atoms with Crippen LogP contribution in [-0.2, 0) is 19.6 Å². The maximum absolute atomic E-state index is 12.6. The summed E-state index contributed by atoms with van der Waals surface area (Å²) in [6, 6.07) is -1.53. The van der Waals surface area contributed by atoms with E-state index in [0.29, 0.717) is 45.2 Å². The quantitative estimate of drug-likeness (QED) is 0.785. The zero-order valence-electron chi connectivity index (χ0n) is 12.2. The van der Waals surface area contributed by atoms with E-state index in [-0.39, 0.29) is 11.7 Å². The molecule has 0 bridgehead atoms. The third-order valence-electron chi connectivity index (χ3n) is 4.13. The molecule has 2 aliphatic heterocycles. The Balaban J connectivity index is 2.16. The molecule has 2 rings (SSSR count). The van der Waals surface area contributed by atoms with E-state index in [1.807, 2.05) is 0 Å². The number of aliphatic carboxylic acids is 1. The molecule has 0 aromatic rings. The van der Waals surface area contributed by atoms with Crippen molar-refractivity contribution < 1.29 is 23.1 Å². The molecule has 0 aromatic heterocycles. The molecule has 8 heteroatoms. The molecular formula is C13H22N2O5S. The summed E-state index contributed by atoms with van der Waals surface area (Å²) in [5.74, 6) is -1.34. The highest BCUT2D eigenvalue weighted by Gasteiger charge is 2.43. The van der Waals surface area contributed by atoms with Gasteiger partial charge < -0.3 is 10.0 Å². The van der Waals surface area contributed by atoms with E-state index >= 15 is 0 Å². The Bertz CT molecular complexity index is 519. The van der Waals surface area contributed by atoms with Crippen LogP contribution in [0, 0.1) is 0 Å². The van der Waals surface area contributed by atoms with E-state index in [2.05, 4.69) is 0 Å². The number of carbonyl (C=O) groups is 2. The Morgan fingerprint density at radius 2 is 1.76 bits per heavy atom. The van der Waals surface area contributed by atoms with Gasteiger partial charge in [-0.3, -0.25) is 4.79 Å². The average molecular weight is 318 g/mol. The molecule has 21 heavy (non-hydrogen) atoms. The van der Waals surface area contributed by atoms with E-state index < -0.39 is 28.1 Å². The molecule has 1 unspecified atom stereocenters. The summed E-state index contributed by atoms with van der Waals surface area (Å²) in [5, 5.41) is 9.16. The number of amides is 1. The highest BCUT2D eigenvalue weighted by Crippen LogP contribution is 2.27. The summed E-state index contributed by atoms with van der Waals surface area (Å²) in [5.41, 5.74) is 0. The van der Waals surface area contributed by atoms with Gasteiger partial charge >= 0.3 is 5.97 Å². The summed E-state index contributed by atoms with van der Waals surface area (Å²) >= 11 is 0. The van der Waals surface area contributed by atoms with Gasteiger partial charge in [0, 0.05) is 13.1 Å². The molecular weight excluding hydrogens is 296 g/mol. The standard InChI is InChI=1S/C13H22N2O5S/c1-2-9-21(19,20)15-8-4-5-10(15)12(16)14-7-3-6-11(14)13(17)18/h10-11H,2-9H2,1H3,(H,17,18)/t10?,11-/m1/s1. The van der Waals surface area contributed by atoms with Crippen LogP contribution in [0.4, 0.5) is 0 Å². The fraction of sp³-hybridized carbons (Fsp3) is 0.846. The zero-order chi connectivity index (χ0) is 15.6. The van der Waals surface area contributed by atoms with E-state index in [9.17, 15) is 18.0 Å². The van der Waals surface area contributed by atoms with Gasteiger partial charge in [0.05, 0.1) is 5.75 Å². The Hall–Kier alpha value is -1.15. The molecule has 0 saturated carbocycles. The SMILES string of the molecule is CCCS(=O)(=O)N1CCCC1C(=O)N1CCC[C@@H]1C(=O)O. The second kappa shape index (κ2) is 6.31. The number of hydrogen-bond donors (Lipinski definition) is 1. The molecule has 0 radical (unpaired) electrons. The van der Waals surface area contributed by atoms with E-state index in [4.69, 9.17) is 5.11 Å². The molecule has 0 aromatic carbocycles. The predicted molar refractivity (Wildman–Crippen MR) is 76.2 cm³/mol. The third-order valence-corrected chi connectivity index (χ3v) is 6.20. The molecule has 2 aliphatic rings. The fourth-order valence-electron chi connectivity index (χ4n) is 3.17. The van der Waals surface area contributed by atoms with Gasteiger partial charge in [0.25, 0.3) is 0 Å².